The third-order valence-corrected chi connectivity index (χ3v) is 3.13. The van der Waals surface area contributed by atoms with Crippen LogP contribution in [0.1, 0.15) is 25.8 Å². The van der Waals surface area contributed by atoms with E-state index in [0.717, 1.165) is 24.3 Å². The fraction of sp³-hybridized carbons (Fsp3) is 0.529. The van der Waals surface area contributed by atoms with Gasteiger partial charge in [-0.1, -0.05) is 25.1 Å². The van der Waals surface area contributed by atoms with E-state index in [0.29, 0.717) is 19.1 Å². The summed E-state index contributed by atoms with van der Waals surface area (Å²) in [5.74, 6) is 1.48. The van der Waals surface area contributed by atoms with Crippen molar-refractivity contribution in [1.29, 1.82) is 0 Å². The second kappa shape index (κ2) is 12.9. The van der Waals surface area contributed by atoms with Crippen molar-refractivity contribution in [3.05, 3.63) is 29.8 Å². The number of aliphatic imine (C=N–C) groups is 1. The minimum Gasteiger partial charge on any atom is -0.494 e. The molecule has 1 rings (SSSR count). The van der Waals surface area contributed by atoms with Crippen molar-refractivity contribution < 1.29 is 9.53 Å². The van der Waals surface area contributed by atoms with Crippen LogP contribution in [0.4, 0.5) is 0 Å². The molecule has 0 aromatic heterocycles. The lowest BCUT2D eigenvalue weighted by Gasteiger charge is -2.15. The fourth-order valence-electron chi connectivity index (χ4n) is 1.83. The van der Waals surface area contributed by atoms with Crippen LogP contribution in [-0.4, -0.2) is 50.6 Å². The highest BCUT2D eigenvalue weighted by Crippen LogP contribution is 2.18. The van der Waals surface area contributed by atoms with Crippen LogP contribution in [0.2, 0.25) is 0 Å². The third kappa shape index (κ3) is 8.37. The topological polar surface area (TPSA) is 66.0 Å². The van der Waals surface area contributed by atoms with E-state index >= 15 is 0 Å². The van der Waals surface area contributed by atoms with Crippen molar-refractivity contribution in [2.45, 2.75) is 26.8 Å². The molecule has 1 aromatic carbocycles. The predicted octanol–water partition coefficient (Wildman–Crippen LogP) is 2.24. The molecule has 6 nitrogen and oxygen atoms in total. The monoisotopic (exact) mass is 448 g/mol. The van der Waals surface area contributed by atoms with Crippen molar-refractivity contribution in [3.8, 4) is 5.75 Å². The summed E-state index contributed by atoms with van der Waals surface area (Å²) in [5.41, 5.74) is 1.02. The van der Waals surface area contributed by atoms with Gasteiger partial charge in [-0.05, 0) is 19.4 Å². The van der Waals surface area contributed by atoms with E-state index in [2.05, 4.69) is 22.5 Å². The Hall–Kier alpha value is -1.51. The van der Waals surface area contributed by atoms with E-state index in [4.69, 9.17) is 4.74 Å². The highest BCUT2D eigenvalue weighted by atomic mass is 127. The Balaban J connectivity index is 0.00000529. The normalized spacial score (nSPS) is 10.6. The quantitative estimate of drug-likeness (QED) is 0.364. The van der Waals surface area contributed by atoms with Crippen LogP contribution in [0.3, 0.4) is 0 Å². The van der Waals surface area contributed by atoms with Gasteiger partial charge in [0.25, 0.3) is 0 Å². The first-order valence-corrected chi connectivity index (χ1v) is 8.01. The minimum absolute atomic E-state index is 0. The van der Waals surface area contributed by atoms with Gasteiger partial charge in [0.15, 0.2) is 5.96 Å². The van der Waals surface area contributed by atoms with Crippen molar-refractivity contribution in [3.63, 3.8) is 0 Å². The van der Waals surface area contributed by atoms with Gasteiger partial charge in [-0.15, -0.1) is 24.0 Å². The molecule has 0 unspecified atom stereocenters. The number of carbonyl (C=O) groups is 1. The van der Waals surface area contributed by atoms with Crippen LogP contribution in [-0.2, 0) is 11.3 Å². The smallest absolute Gasteiger partial charge is 0.241 e. The highest BCUT2D eigenvalue weighted by Gasteiger charge is 2.06. The van der Waals surface area contributed by atoms with Crippen LogP contribution < -0.4 is 15.4 Å². The van der Waals surface area contributed by atoms with E-state index < -0.39 is 0 Å². The Morgan fingerprint density at radius 2 is 1.92 bits per heavy atom. The molecule has 0 saturated heterocycles. The maximum absolute atomic E-state index is 11.7. The summed E-state index contributed by atoms with van der Waals surface area (Å²) in [7, 11) is 3.47. The number of amides is 1. The molecule has 7 heteroatoms. The van der Waals surface area contributed by atoms with E-state index in [1.54, 1.807) is 19.0 Å². The molecule has 0 atom stereocenters. The second-order valence-corrected chi connectivity index (χ2v) is 5.27. The molecule has 0 fully saturated rings. The van der Waals surface area contributed by atoms with Gasteiger partial charge in [0, 0.05) is 26.2 Å². The summed E-state index contributed by atoms with van der Waals surface area (Å²) in [6.07, 6.45) is 0.984. The average Bonchev–Trinajstić information content (AvgIpc) is 2.55. The molecule has 1 amide bonds. The minimum atomic E-state index is 0. The van der Waals surface area contributed by atoms with E-state index in [9.17, 15) is 4.79 Å². The Kier molecular flexibility index (Phi) is 12.0. The molecule has 0 saturated carbocycles. The van der Waals surface area contributed by atoms with E-state index in [1.807, 2.05) is 31.2 Å². The maximum Gasteiger partial charge on any atom is 0.241 e. The first-order chi connectivity index (χ1) is 11.1. The number of para-hydroxylation sites is 1. The van der Waals surface area contributed by atoms with Crippen molar-refractivity contribution in [2.75, 3.05) is 33.8 Å². The highest BCUT2D eigenvalue weighted by molar-refractivity contribution is 14.0. The van der Waals surface area contributed by atoms with Crippen LogP contribution in [0, 0.1) is 0 Å². The Labute approximate surface area is 162 Å². The first-order valence-electron chi connectivity index (χ1n) is 8.01. The Morgan fingerprint density at radius 1 is 1.21 bits per heavy atom. The molecular formula is C17H29IN4O2. The molecule has 0 aliphatic heterocycles. The number of guanidine groups is 1. The van der Waals surface area contributed by atoms with Crippen LogP contribution >= 0.6 is 24.0 Å². The molecule has 2 N–H and O–H groups in total. The van der Waals surface area contributed by atoms with Crippen LogP contribution in [0.5, 0.6) is 5.75 Å². The number of halogens is 1. The lowest BCUT2D eigenvalue weighted by Crippen LogP contribution is -2.43. The number of hydrogen-bond acceptors (Lipinski definition) is 3. The Bertz CT molecular complexity index is 521. The first kappa shape index (κ1) is 22.5. The summed E-state index contributed by atoms with van der Waals surface area (Å²) in [6, 6.07) is 7.85. The van der Waals surface area contributed by atoms with Crippen molar-refractivity contribution in [2.24, 2.45) is 4.99 Å². The number of benzene rings is 1. The maximum atomic E-state index is 11.7. The number of likely N-dealkylation sites (N-methyl/N-ethyl adjacent to an activating group) is 1. The van der Waals surface area contributed by atoms with Crippen LogP contribution in [0.25, 0.3) is 0 Å². The summed E-state index contributed by atoms with van der Waals surface area (Å²) in [5, 5.41) is 6.28. The number of hydrogen-bond donors (Lipinski definition) is 2. The molecule has 136 valence electrons. The lowest BCUT2D eigenvalue weighted by molar-refractivity contribution is -0.127. The zero-order valence-electron chi connectivity index (χ0n) is 15.0. The largest absolute Gasteiger partial charge is 0.494 e. The zero-order valence-corrected chi connectivity index (χ0v) is 17.3. The molecule has 24 heavy (non-hydrogen) atoms. The van der Waals surface area contributed by atoms with E-state index in [-0.39, 0.29) is 36.4 Å². The van der Waals surface area contributed by atoms with Crippen LogP contribution in [0.15, 0.2) is 29.3 Å². The summed E-state index contributed by atoms with van der Waals surface area (Å²) >= 11 is 0. The Morgan fingerprint density at radius 3 is 2.54 bits per heavy atom. The SMILES string of the molecule is CCCNC(=NCc1ccccc1OCC)NCC(=O)N(C)C.I. The van der Waals surface area contributed by atoms with Gasteiger partial charge in [0.05, 0.1) is 19.7 Å². The molecule has 0 bridgehead atoms. The van der Waals surface area contributed by atoms with Crippen molar-refractivity contribution in [1.82, 2.24) is 15.5 Å². The second-order valence-electron chi connectivity index (χ2n) is 5.27. The zero-order chi connectivity index (χ0) is 17.1. The summed E-state index contributed by atoms with van der Waals surface area (Å²) in [6.45, 7) is 6.18. The number of nitrogens with zero attached hydrogens (tertiary/aromatic N) is 2. The number of rotatable bonds is 8. The number of carbonyl (C=O) groups excluding carboxylic acids is 1. The molecule has 1 aromatic rings. The van der Waals surface area contributed by atoms with Gasteiger partial charge in [-0.2, -0.15) is 0 Å². The summed E-state index contributed by atoms with van der Waals surface area (Å²) in [4.78, 5) is 17.8. The van der Waals surface area contributed by atoms with E-state index in [1.165, 1.54) is 0 Å². The lowest BCUT2D eigenvalue weighted by atomic mass is 10.2. The standard InChI is InChI=1S/C17H28N4O2.HI/c1-5-11-18-17(20-13-16(22)21(3)4)19-12-14-9-7-8-10-15(14)23-6-2;/h7-10H,5-6,11-13H2,1-4H3,(H2,18,19,20);1H. The van der Waals surface area contributed by atoms with Gasteiger partial charge in [-0.3, -0.25) is 4.79 Å². The molecule has 0 spiro atoms. The number of nitrogens with one attached hydrogen (secondary N) is 2. The molecule has 0 aliphatic carbocycles. The molecule has 0 aliphatic rings. The van der Waals surface area contributed by atoms with Gasteiger partial charge < -0.3 is 20.3 Å². The predicted molar refractivity (Wildman–Crippen MR) is 109 cm³/mol. The molecular weight excluding hydrogens is 419 g/mol. The fourth-order valence-corrected chi connectivity index (χ4v) is 1.83. The van der Waals surface area contributed by atoms with Gasteiger partial charge in [-0.25, -0.2) is 4.99 Å². The third-order valence-electron chi connectivity index (χ3n) is 3.13. The van der Waals surface area contributed by atoms with Gasteiger partial charge >= 0.3 is 0 Å². The molecule has 0 heterocycles. The number of ether oxygens (including phenoxy) is 1. The average molecular weight is 448 g/mol. The molecule has 0 radical (unpaired) electrons. The summed E-state index contributed by atoms with van der Waals surface area (Å²) < 4.78 is 5.61. The van der Waals surface area contributed by atoms with Gasteiger partial charge in [0.1, 0.15) is 5.75 Å². The van der Waals surface area contributed by atoms with Crippen molar-refractivity contribution >= 4 is 35.8 Å². The van der Waals surface area contributed by atoms with Gasteiger partial charge in [0.2, 0.25) is 5.91 Å².